The molecule has 0 unspecified atom stereocenters. The number of hydrogen-bond donors (Lipinski definition) is 1. The van der Waals surface area contributed by atoms with E-state index in [0.717, 1.165) is 27.9 Å². The zero-order valence-electron chi connectivity index (χ0n) is 16.2. The number of rotatable bonds is 7. The lowest BCUT2D eigenvalue weighted by molar-refractivity contribution is 0.0478. The van der Waals surface area contributed by atoms with Crippen molar-refractivity contribution in [1.29, 1.82) is 0 Å². The number of ether oxygens (including phenoxy) is 3. The minimum absolute atomic E-state index is 0.0179. The van der Waals surface area contributed by atoms with Crippen LogP contribution in [0.1, 0.15) is 27.0 Å². The van der Waals surface area contributed by atoms with Crippen molar-refractivity contribution in [2.24, 2.45) is 7.05 Å². The van der Waals surface area contributed by atoms with Crippen LogP contribution in [0, 0.1) is 0 Å². The van der Waals surface area contributed by atoms with Crippen molar-refractivity contribution < 1.29 is 24.1 Å². The number of aryl methyl sites for hydroxylation is 1. The van der Waals surface area contributed by atoms with Crippen molar-refractivity contribution in [3.05, 3.63) is 58.8 Å². The minimum Gasteiger partial charge on any atom is -0.493 e. The van der Waals surface area contributed by atoms with Crippen molar-refractivity contribution in [3.63, 3.8) is 0 Å². The van der Waals surface area contributed by atoms with Crippen LogP contribution >= 0.6 is 0 Å². The summed E-state index contributed by atoms with van der Waals surface area (Å²) >= 11 is 0. The number of methoxy groups -OCH3 is 1. The summed E-state index contributed by atoms with van der Waals surface area (Å²) in [5.74, 6) is -0.00208. The predicted molar refractivity (Wildman–Crippen MR) is 104 cm³/mol. The van der Waals surface area contributed by atoms with Crippen molar-refractivity contribution in [3.8, 4) is 22.8 Å². The first kappa shape index (κ1) is 18.9. The number of aromatic nitrogens is 3. The molecule has 0 saturated carbocycles. The van der Waals surface area contributed by atoms with E-state index in [1.165, 1.54) is 7.11 Å². The number of nitrogens with zero attached hydrogens (tertiary/aromatic N) is 3. The van der Waals surface area contributed by atoms with Gasteiger partial charge >= 0.3 is 5.97 Å². The number of carboxylic acids is 1. The molecule has 0 radical (unpaired) electrons. The Morgan fingerprint density at radius 3 is 2.76 bits per heavy atom. The molecule has 29 heavy (non-hydrogen) atoms. The SMILES string of the molecule is COCOc1c(C(=O)O)cc(Cc2ccc(-c3cn(C)nn3)cc2)c2c1CCO2. The van der Waals surface area contributed by atoms with Gasteiger partial charge in [-0.3, -0.25) is 4.68 Å². The second kappa shape index (κ2) is 7.92. The number of fused-ring (bicyclic) bond motifs is 1. The number of carboxylic acid groups (broad SMARTS) is 1. The standard InChI is InChI=1S/C21H21N3O5/c1-24-11-18(22-23-24)14-5-3-13(4-6-14)9-15-10-17(21(25)26)20(29-12-27-2)16-7-8-28-19(15)16/h3-6,10-11H,7-9,12H2,1-2H3,(H,25,26). The van der Waals surface area contributed by atoms with Crippen LogP contribution < -0.4 is 9.47 Å². The van der Waals surface area contributed by atoms with Crippen LogP contribution in [0.3, 0.4) is 0 Å². The first-order valence-corrected chi connectivity index (χ1v) is 9.19. The molecule has 1 aliphatic heterocycles. The average Bonchev–Trinajstić information content (AvgIpc) is 3.37. The lowest BCUT2D eigenvalue weighted by Crippen LogP contribution is -2.09. The molecule has 1 N–H and O–H groups in total. The zero-order chi connectivity index (χ0) is 20.4. The van der Waals surface area contributed by atoms with Crippen molar-refractivity contribution in [2.75, 3.05) is 20.5 Å². The lowest BCUT2D eigenvalue weighted by atomic mass is 9.96. The summed E-state index contributed by atoms with van der Waals surface area (Å²) in [5, 5.41) is 17.7. The summed E-state index contributed by atoms with van der Waals surface area (Å²) in [6.45, 7) is 0.482. The molecule has 0 bridgehead atoms. The quantitative estimate of drug-likeness (QED) is 0.615. The first-order chi connectivity index (χ1) is 14.1. The first-order valence-electron chi connectivity index (χ1n) is 9.19. The smallest absolute Gasteiger partial charge is 0.339 e. The second-order valence-corrected chi connectivity index (χ2v) is 6.83. The molecule has 1 aliphatic rings. The molecule has 0 amide bonds. The highest BCUT2D eigenvalue weighted by atomic mass is 16.7. The van der Waals surface area contributed by atoms with Gasteiger partial charge in [-0.1, -0.05) is 29.5 Å². The molecule has 3 aromatic rings. The highest BCUT2D eigenvalue weighted by molar-refractivity contribution is 5.92. The Kier molecular flexibility index (Phi) is 5.18. The molecule has 0 spiro atoms. The fraction of sp³-hybridized carbons (Fsp3) is 0.286. The fourth-order valence-corrected chi connectivity index (χ4v) is 3.49. The molecule has 0 saturated heterocycles. The van der Waals surface area contributed by atoms with E-state index in [-0.39, 0.29) is 12.4 Å². The Balaban J connectivity index is 1.66. The highest BCUT2D eigenvalue weighted by Crippen LogP contribution is 2.40. The van der Waals surface area contributed by atoms with Gasteiger partial charge in [0.05, 0.1) is 12.8 Å². The number of benzene rings is 2. The van der Waals surface area contributed by atoms with Crippen molar-refractivity contribution in [2.45, 2.75) is 12.8 Å². The molecule has 0 atom stereocenters. The van der Waals surface area contributed by atoms with E-state index in [4.69, 9.17) is 14.2 Å². The highest BCUT2D eigenvalue weighted by Gasteiger charge is 2.27. The van der Waals surface area contributed by atoms with E-state index in [0.29, 0.717) is 30.9 Å². The van der Waals surface area contributed by atoms with Gasteiger partial charge in [-0.25, -0.2) is 4.79 Å². The Morgan fingerprint density at radius 1 is 1.31 bits per heavy atom. The summed E-state index contributed by atoms with van der Waals surface area (Å²) in [6.07, 6.45) is 3.01. The van der Waals surface area contributed by atoms with Gasteiger partial charge < -0.3 is 19.3 Å². The molecule has 150 valence electrons. The molecule has 8 nitrogen and oxygen atoms in total. The summed E-state index contributed by atoms with van der Waals surface area (Å²) in [6, 6.07) is 9.60. The fourth-order valence-electron chi connectivity index (χ4n) is 3.49. The summed E-state index contributed by atoms with van der Waals surface area (Å²) in [7, 11) is 3.32. The van der Waals surface area contributed by atoms with Crippen LogP contribution in [0.15, 0.2) is 36.5 Å². The van der Waals surface area contributed by atoms with Crippen LogP contribution in [0.4, 0.5) is 0 Å². The topological polar surface area (TPSA) is 95.7 Å². The number of carbonyl (C=O) groups is 1. The molecular weight excluding hydrogens is 374 g/mol. The van der Waals surface area contributed by atoms with Gasteiger partial charge in [0.25, 0.3) is 0 Å². The predicted octanol–water partition coefficient (Wildman–Crippen LogP) is 2.69. The molecule has 2 aromatic carbocycles. The van der Waals surface area contributed by atoms with Gasteiger partial charge in [-0.05, 0) is 17.2 Å². The van der Waals surface area contributed by atoms with E-state index in [9.17, 15) is 9.90 Å². The third kappa shape index (κ3) is 3.79. The van der Waals surface area contributed by atoms with Gasteiger partial charge in [-0.2, -0.15) is 0 Å². The molecule has 8 heteroatoms. The largest absolute Gasteiger partial charge is 0.493 e. The Hall–Kier alpha value is -3.39. The van der Waals surface area contributed by atoms with Crippen LogP contribution in [0.25, 0.3) is 11.3 Å². The summed E-state index contributed by atoms with van der Waals surface area (Å²) < 4.78 is 18.0. The molecule has 1 aromatic heterocycles. The number of hydrogen-bond acceptors (Lipinski definition) is 6. The molecule has 2 heterocycles. The molecule has 0 aliphatic carbocycles. The van der Waals surface area contributed by atoms with Crippen LogP contribution in [0.2, 0.25) is 0 Å². The third-order valence-corrected chi connectivity index (χ3v) is 4.80. The van der Waals surface area contributed by atoms with E-state index >= 15 is 0 Å². The average molecular weight is 395 g/mol. The monoisotopic (exact) mass is 395 g/mol. The summed E-state index contributed by atoms with van der Waals surface area (Å²) in [5.41, 5.74) is 4.55. The van der Waals surface area contributed by atoms with Crippen LogP contribution in [0.5, 0.6) is 11.5 Å². The Morgan fingerprint density at radius 2 is 2.10 bits per heavy atom. The van der Waals surface area contributed by atoms with Gasteiger partial charge in [0.2, 0.25) is 0 Å². The van der Waals surface area contributed by atoms with Gasteiger partial charge in [0.1, 0.15) is 22.8 Å². The maximum absolute atomic E-state index is 11.8. The second-order valence-electron chi connectivity index (χ2n) is 6.83. The van der Waals surface area contributed by atoms with Crippen LogP contribution in [-0.2, 0) is 24.6 Å². The van der Waals surface area contributed by atoms with E-state index in [1.54, 1.807) is 10.7 Å². The Bertz CT molecular complexity index is 1040. The van der Waals surface area contributed by atoms with E-state index in [1.807, 2.05) is 37.5 Å². The van der Waals surface area contributed by atoms with Gasteiger partial charge in [0, 0.05) is 38.1 Å². The third-order valence-electron chi connectivity index (χ3n) is 4.80. The van der Waals surface area contributed by atoms with Gasteiger partial charge in [0.15, 0.2) is 6.79 Å². The van der Waals surface area contributed by atoms with Crippen molar-refractivity contribution in [1.82, 2.24) is 15.0 Å². The summed E-state index contributed by atoms with van der Waals surface area (Å²) in [4.78, 5) is 11.8. The molecule has 4 rings (SSSR count). The molecular formula is C21H21N3O5. The molecule has 0 fully saturated rings. The normalized spacial score (nSPS) is 12.5. The minimum atomic E-state index is -1.04. The number of aromatic carboxylic acids is 1. The van der Waals surface area contributed by atoms with Crippen molar-refractivity contribution >= 4 is 5.97 Å². The lowest BCUT2D eigenvalue weighted by Gasteiger charge is -2.16. The van der Waals surface area contributed by atoms with Gasteiger partial charge in [-0.15, -0.1) is 5.10 Å². The Labute approximate surface area is 167 Å². The maximum Gasteiger partial charge on any atom is 0.339 e. The van der Waals surface area contributed by atoms with E-state index < -0.39 is 5.97 Å². The van der Waals surface area contributed by atoms with Crippen LogP contribution in [-0.4, -0.2) is 46.6 Å². The van der Waals surface area contributed by atoms with E-state index in [2.05, 4.69) is 10.3 Å². The zero-order valence-corrected chi connectivity index (χ0v) is 16.2. The maximum atomic E-state index is 11.8.